The van der Waals surface area contributed by atoms with Gasteiger partial charge in [-0.1, -0.05) is 12.1 Å². The Morgan fingerprint density at radius 3 is 2.69 bits per heavy atom. The molecule has 4 aliphatic carbocycles. The van der Waals surface area contributed by atoms with E-state index in [0.717, 1.165) is 36.0 Å². The third kappa shape index (κ3) is 2.42. The third-order valence-corrected chi connectivity index (χ3v) is 7.58. The fourth-order valence-electron chi connectivity index (χ4n) is 6.88. The van der Waals surface area contributed by atoms with E-state index in [1.165, 1.54) is 31.7 Å². The van der Waals surface area contributed by atoms with E-state index in [9.17, 15) is 14.9 Å². The number of benzene rings is 1. The number of rotatable bonds is 4. The molecule has 6 nitrogen and oxygen atoms in total. The molecule has 6 heteroatoms. The second-order valence-corrected chi connectivity index (χ2v) is 8.60. The van der Waals surface area contributed by atoms with E-state index in [1.807, 2.05) is 0 Å². The van der Waals surface area contributed by atoms with E-state index in [-0.39, 0.29) is 18.3 Å². The number of ether oxygens (including phenoxy) is 1. The first kappa shape index (κ1) is 16.1. The summed E-state index contributed by atoms with van der Waals surface area (Å²) < 4.78 is 5.31. The predicted molar refractivity (Wildman–Crippen MR) is 94.2 cm³/mol. The number of carbonyl (C=O) groups is 1. The average molecular weight is 356 g/mol. The zero-order chi connectivity index (χ0) is 17.8. The number of hydrogen-bond acceptors (Lipinski definition) is 4. The van der Waals surface area contributed by atoms with Crippen molar-refractivity contribution < 1.29 is 14.5 Å². The first-order chi connectivity index (χ1) is 12.6. The molecule has 0 aromatic heterocycles. The molecule has 138 valence electrons. The van der Waals surface area contributed by atoms with Crippen LogP contribution in [0.4, 0.5) is 10.5 Å². The zero-order valence-corrected chi connectivity index (χ0v) is 14.7. The van der Waals surface area contributed by atoms with E-state index in [0.29, 0.717) is 11.5 Å². The van der Waals surface area contributed by atoms with Gasteiger partial charge >= 0.3 is 6.09 Å². The molecule has 7 unspecified atom stereocenters. The highest BCUT2D eigenvalue weighted by Gasteiger charge is 2.62. The summed E-state index contributed by atoms with van der Waals surface area (Å²) in [5, 5.41) is 14.1. The van der Waals surface area contributed by atoms with Crippen LogP contribution < -0.4 is 5.32 Å². The minimum Gasteiger partial charge on any atom is -0.444 e. The highest BCUT2D eigenvalue weighted by molar-refractivity contribution is 5.68. The summed E-state index contributed by atoms with van der Waals surface area (Å²) in [6.07, 6.45) is 6.11. The van der Waals surface area contributed by atoms with Gasteiger partial charge in [-0.05, 0) is 73.7 Å². The van der Waals surface area contributed by atoms with Crippen LogP contribution in [-0.2, 0) is 11.3 Å². The van der Waals surface area contributed by atoms with Crippen LogP contribution in [-0.4, -0.2) is 17.1 Å². The minimum absolute atomic E-state index is 0.00922. The third-order valence-electron chi connectivity index (χ3n) is 7.58. The lowest BCUT2D eigenvalue weighted by Gasteiger charge is -2.38. The SMILES string of the molecule is O=C(NC1CC2CC1C1C3CCC(C3)C21)OCc1ccccc1[N+](=O)[O-]. The molecule has 5 rings (SSSR count). The van der Waals surface area contributed by atoms with Crippen molar-refractivity contribution in [1.29, 1.82) is 0 Å². The summed E-state index contributed by atoms with van der Waals surface area (Å²) in [6.45, 7) is -0.0689. The average Bonchev–Trinajstić information content (AvgIpc) is 3.39. The van der Waals surface area contributed by atoms with Gasteiger partial charge in [0.15, 0.2) is 0 Å². The molecular weight excluding hydrogens is 332 g/mol. The summed E-state index contributed by atoms with van der Waals surface area (Å²) in [7, 11) is 0. The molecule has 1 amide bonds. The molecule has 4 aliphatic rings. The van der Waals surface area contributed by atoms with Gasteiger partial charge in [0.2, 0.25) is 0 Å². The Labute approximate surface area is 152 Å². The number of hydrogen-bond donors (Lipinski definition) is 1. The van der Waals surface area contributed by atoms with Crippen molar-refractivity contribution in [1.82, 2.24) is 5.32 Å². The smallest absolute Gasteiger partial charge is 0.407 e. The predicted octanol–water partition coefficient (Wildman–Crippen LogP) is 3.89. The molecule has 1 N–H and O–H groups in total. The molecule has 0 heterocycles. The molecular formula is C20H24N2O4. The second-order valence-electron chi connectivity index (χ2n) is 8.60. The highest BCUT2D eigenvalue weighted by atomic mass is 16.6. The lowest BCUT2D eigenvalue weighted by molar-refractivity contribution is -0.385. The van der Waals surface area contributed by atoms with Gasteiger partial charge in [0.25, 0.3) is 5.69 Å². The lowest BCUT2D eigenvalue weighted by atomic mass is 9.69. The fraction of sp³-hybridized carbons (Fsp3) is 0.650. The first-order valence-electron chi connectivity index (χ1n) is 9.77. The highest BCUT2D eigenvalue weighted by Crippen LogP contribution is 2.67. The summed E-state index contributed by atoms with van der Waals surface area (Å²) >= 11 is 0. The number of nitrogens with one attached hydrogen (secondary N) is 1. The number of nitrogens with zero attached hydrogens (tertiary/aromatic N) is 1. The zero-order valence-electron chi connectivity index (χ0n) is 14.7. The van der Waals surface area contributed by atoms with E-state index in [2.05, 4.69) is 5.32 Å². The van der Waals surface area contributed by atoms with Crippen molar-refractivity contribution in [3.8, 4) is 0 Å². The normalized spacial score (nSPS) is 39.0. The van der Waals surface area contributed by atoms with Crippen molar-refractivity contribution in [2.75, 3.05) is 0 Å². The minimum atomic E-state index is -0.444. The molecule has 1 aromatic carbocycles. The number of para-hydroxylation sites is 1. The van der Waals surface area contributed by atoms with Gasteiger partial charge < -0.3 is 10.1 Å². The molecule has 0 spiro atoms. The molecule has 0 radical (unpaired) electrons. The molecule has 1 aromatic rings. The Bertz CT molecular complexity index is 751. The molecule has 4 bridgehead atoms. The van der Waals surface area contributed by atoms with E-state index >= 15 is 0 Å². The molecule has 4 saturated carbocycles. The van der Waals surface area contributed by atoms with Gasteiger partial charge in [-0.15, -0.1) is 0 Å². The Balaban J connectivity index is 1.20. The van der Waals surface area contributed by atoms with Crippen molar-refractivity contribution in [3.05, 3.63) is 39.9 Å². The molecule has 4 fully saturated rings. The van der Waals surface area contributed by atoms with E-state index < -0.39 is 11.0 Å². The maximum Gasteiger partial charge on any atom is 0.407 e. The van der Waals surface area contributed by atoms with Crippen LogP contribution in [0.3, 0.4) is 0 Å². The number of nitro benzene ring substituents is 1. The molecule has 0 saturated heterocycles. The number of fused-ring (bicyclic) bond motifs is 9. The van der Waals surface area contributed by atoms with Crippen LogP contribution in [0.2, 0.25) is 0 Å². The van der Waals surface area contributed by atoms with Gasteiger partial charge in [0, 0.05) is 12.1 Å². The number of carbonyl (C=O) groups excluding carboxylic acids is 1. The largest absolute Gasteiger partial charge is 0.444 e. The number of nitro groups is 1. The van der Waals surface area contributed by atoms with Gasteiger partial charge in [0.1, 0.15) is 6.61 Å². The van der Waals surface area contributed by atoms with Crippen LogP contribution in [0.25, 0.3) is 0 Å². The van der Waals surface area contributed by atoms with Gasteiger partial charge in [-0.25, -0.2) is 4.79 Å². The maximum absolute atomic E-state index is 12.3. The standard InChI is InChI=1S/C20H24N2O4/c23-20(26-10-13-3-1-2-4-17(13)22(24)25)21-16-9-14-8-15(16)19-12-6-5-11(7-12)18(14)19/h1-4,11-12,14-16,18-19H,5-10H2,(H,21,23). The molecule has 26 heavy (non-hydrogen) atoms. The van der Waals surface area contributed by atoms with E-state index in [1.54, 1.807) is 18.2 Å². The van der Waals surface area contributed by atoms with Crippen LogP contribution >= 0.6 is 0 Å². The van der Waals surface area contributed by atoms with Crippen LogP contribution in [0.15, 0.2) is 24.3 Å². The maximum atomic E-state index is 12.3. The van der Waals surface area contributed by atoms with Gasteiger partial charge in [-0.2, -0.15) is 0 Å². The number of amides is 1. The van der Waals surface area contributed by atoms with Crippen molar-refractivity contribution in [3.63, 3.8) is 0 Å². The summed E-state index contributed by atoms with van der Waals surface area (Å²) in [5.74, 6) is 4.95. The Hall–Kier alpha value is -2.11. The first-order valence-corrected chi connectivity index (χ1v) is 9.77. The van der Waals surface area contributed by atoms with Gasteiger partial charge in [0.05, 0.1) is 10.5 Å². The topological polar surface area (TPSA) is 81.5 Å². The molecule has 7 atom stereocenters. The van der Waals surface area contributed by atoms with Crippen molar-refractivity contribution in [2.45, 2.75) is 44.8 Å². The van der Waals surface area contributed by atoms with Crippen LogP contribution in [0.5, 0.6) is 0 Å². The van der Waals surface area contributed by atoms with Crippen LogP contribution in [0.1, 0.15) is 37.7 Å². The van der Waals surface area contributed by atoms with Crippen LogP contribution in [0, 0.1) is 45.6 Å². The van der Waals surface area contributed by atoms with Crippen molar-refractivity contribution >= 4 is 11.8 Å². The van der Waals surface area contributed by atoms with Crippen molar-refractivity contribution in [2.24, 2.45) is 35.5 Å². The summed E-state index contributed by atoms with van der Waals surface area (Å²) in [5.41, 5.74) is 0.416. The lowest BCUT2D eigenvalue weighted by Crippen LogP contribution is -2.45. The fourth-order valence-corrected chi connectivity index (χ4v) is 6.88. The Kier molecular flexibility index (Phi) is 3.69. The molecule has 0 aliphatic heterocycles. The quantitative estimate of drug-likeness (QED) is 0.504. The Morgan fingerprint density at radius 2 is 1.88 bits per heavy atom. The second kappa shape index (κ2) is 5.96. The summed E-state index contributed by atoms with van der Waals surface area (Å²) in [4.78, 5) is 22.9. The number of alkyl carbamates (subject to hydrolysis) is 1. The monoisotopic (exact) mass is 356 g/mol. The Morgan fingerprint density at radius 1 is 1.12 bits per heavy atom. The van der Waals surface area contributed by atoms with E-state index in [4.69, 9.17) is 4.74 Å². The summed E-state index contributed by atoms with van der Waals surface area (Å²) in [6, 6.07) is 6.61. The van der Waals surface area contributed by atoms with Gasteiger partial charge in [-0.3, -0.25) is 10.1 Å².